The number of hydrogen-bond donors (Lipinski definition) is 1. The number of rotatable bonds is 6. The Morgan fingerprint density at radius 1 is 1.23 bits per heavy atom. The third kappa shape index (κ3) is 3.28. The summed E-state index contributed by atoms with van der Waals surface area (Å²) in [7, 11) is 3.02. The molecule has 26 heavy (non-hydrogen) atoms. The molecule has 1 aromatic carbocycles. The number of benzene rings is 1. The quantitative estimate of drug-likeness (QED) is 0.797. The van der Waals surface area contributed by atoms with Crippen LogP contribution in [0.1, 0.15) is 25.7 Å². The Labute approximate surface area is 149 Å². The zero-order chi connectivity index (χ0) is 18.9. The van der Waals surface area contributed by atoms with Crippen LogP contribution < -0.4 is 16.6 Å². The number of carbonyl (C=O) groups excluding carboxylic acids is 1. The molecule has 8 heteroatoms. The highest BCUT2D eigenvalue weighted by atomic mass is 16.2. The molecule has 2 heterocycles. The highest BCUT2D eigenvalue weighted by Gasteiger charge is 2.39. The van der Waals surface area contributed by atoms with Gasteiger partial charge in [-0.15, -0.1) is 12.3 Å². The van der Waals surface area contributed by atoms with E-state index in [1.54, 1.807) is 25.2 Å². The number of anilines is 1. The zero-order valence-electron chi connectivity index (χ0n) is 14.7. The number of nitrogens with zero attached hydrogens (tertiary/aromatic N) is 4. The molecule has 0 bridgehead atoms. The molecule has 0 spiro atoms. The first-order chi connectivity index (χ1) is 12.4. The minimum absolute atomic E-state index is 0.185. The molecular weight excluding hydrogens is 334 g/mol. The van der Waals surface area contributed by atoms with Gasteiger partial charge in [-0.25, -0.2) is 4.79 Å². The molecule has 0 atom stereocenters. The maximum atomic E-state index is 12.2. The number of fused-ring (bicyclic) bond motifs is 1. The molecule has 1 aromatic heterocycles. The Morgan fingerprint density at radius 2 is 1.96 bits per heavy atom. The van der Waals surface area contributed by atoms with Crippen LogP contribution in [0.3, 0.4) is 0 Å². The Bertz CT molecular complexity index is 1070. The van der Waals surface area contributed by atoms with Gasteiger partial charge in [0, 0.05) is 45.5 Å². The van der Waals surface area contributed by atoms with Crippen LogP contribution in [0.5, 0.6) is 0 Å². The summed E-state index contributed by atoms with van der Waals surface area (Å²) in [6.07, 6.45) is 7.23. The van der Waals surface area contributed by atoms with Crippen LogP contribution in [0, 0.1) is 12.3 Å². The van der Waals surface area contributed by atoms with Crippen LogP contribution in [0.15, 0.2) is 38.0 Å². The number of aromatic nitrogens is 2. The summed E-state index contributed by atoms with van der Waals surface area (Å²) in [4.78, 5) is 36.4. The minimum Gasteiger partial charge on any atom is -0.326 e. The number of amides is 1. The maximum absolute atomic E-state index is 12.2. The van der Waals surface area contributed by atoms with Crippen molar-refractivity contribution in [2.75, 3.05) is 5.32 Å². The van der Waals surface area contributed by atoms with E-state index in [1.165, 1.54) is 11.6 Å². The van der Waals surface area contributed by atoms with Crippen molar-refractivity contribution in [2.24, 2.45) is 24.3 Å². The summed E-state index contributed by atoms with van der Waals surface area (Å²) in [6.45, 7) is 0. The first-order valence-corrected chi connectivity index (χ1v) is 8.24. The molecule has 1 amide bonds. The van der Waals surface area contributed by atoms with E-state index >= 15 is 0 Å². The van der Waals surface area contributed by atoms with Gasteiger partial charge in [0.2, 0.25) is 5.91 Å². The van der Waals surface area contributed by atoms with E-state index in [1.807, 2.05) is 0 Å². The van der Waals surface area contributed by atoms with Gasteiger partial charge in [0.05, 0.1) is 10.9 Å². The number of hydrogen-bond acceptors (Lipinski definition) is 5. The van der Waals surface area contributed by atoms with E-state index in [0.29, 0.717) is 35.9 Å². The molecule has 8 nitrogen and oxygen atoms in total. The summed E-state index contributed by atoms with van der Waals surface area (Å²) in [6, 6.07) is 4.87. The SMILES string of the molecule is C#CCCC1(CCC(=O)Nc2ccc3c(=O)n(C)c(=O)n(C)c3c2)N=N1. The lowest BCUT2D eigenvalue weighted by Gasteiger charge is -2.11. The third-order valence-electron chi connectivity index (χ3n) is 4.56. The standard InChI is InChI=1S/C18H19N5O3/c1-4-5-9-18(20-21-18)10-8-15(24)19-12-6-7-13-14(11-12)22(2)17(26)23(3)16(13)25/h1,6-7,11H,5,8-10H2,2-3H3,(H,19,24). The summed E-state index contributed by atoms with van der Waals surface area (Å²) in [5.74, 6) is 2.37. The number of aryl methyl sites for hydroxylation is 1. The average Bonchev–Trinajstić information content (AvgIpc) is 3.41. The molecule has 0 unspecified atom stereocenters. The van der Waals surface area contributed by atoms with Gasteiger partial charge in [0.1, 0.15) is 0 Å². The lowest BCUT2D eigenvalue weighted by molar-refractivity contribution is -0.116. The average molecular weight is 353 g/mol. The first kappa shape index (κ1) is 17.6. The Hall–Kier alpha value is -3.21. The van der Waals surface area contributed by atoms with E-state index in [9.17, 15) is 14.4 Å². The minimum atomic E-state index is -0.497. The predicted octanol–water partition coefficient (Wildman–Crippen LogP) is 1.53. The van der Waals surface area contributed by atoms with Crippen molar-refractivity contribution in [1.29, 1.82) is 0 Å². The number of carbonyl (C=O) groups is 1. The lowest BCUT2D eigenvalue weighted by Crippen LogP contribution is -2.36. The van der Waals surface area contributed by atoms with E-state index in [4.69, 9.17) is 6.42 Å². The highest BCUT2D eigenvalue weighted by Crippen LogP contribution is 2.37. The van der Waals surface area contributed by atoms with Crippen LogP contribution in [-0.2, 0) is 18.9 Å². The van der Waals surface area contributed by atoms with Gasteiger partial charge in [0.25, 0.3) is 5.56 Å². The molecule has 1 N–H and O–H groups in total. The molecular formula is C18H19N5O3. The Kier molecular flexibility index (Phi) is 4.47. The topological polar surface area (TPSA) is 97.8 Å². The van der Waals surface area contributed by atoms with Crippen molar-refractivity contribution < 1.29 is 4.79 Å². The van der Waals surface area contributed by atoms with E-state index in [2.05, 4.69) is 21.5 Å². The predicted molar refractivity (Wildman–Crippen MR) is 97.9 cm³/mol. The van der Waals surface area contributed by atoms with Crippen LogP contribution in [0.25, 0.3) is 10.9 Å². The fraction of sp³-hybridized carbons (Fsp3) is 0.389. The van der Waals surface area contributed by atoms with Crippen molar-refractivity contribution >= 4 is 22.5 Å². The van der Waals surface area contributed by atoms with E-state index in [0.717, 1.165) is 4.57 Å². The molecule has 3 rings (SSSR count). The summed E-state index contributed by atoms with van der Waals surface area (Å²) in [5.41, 5.74) is -0.295. The smallest absolute Gasteiger partial charge is 0.326 e. The summed E-state index contributed by atoms with van der Waals surface area (Å²) >= 11 is 0. The first-order valence-electron chi connectivity index (χ1n) is 8.24. The molecule has 0 saturated heterocycles. The van der Waals surface area contributed by atoms with Crippen molar-refractivity contribution in [1.82, 2.24) is 9.13 Å². The second-order valence-electron chi connectivity index (χ2n) is 6.37. The van der Waals surface area contributed by atoms with Gasteiger partial charge in [-0.2, -0.15) is 10.2 Å². The Balaban J connectivity index is 1.73. The molecule has 2 aromatic rings. The van der Waals surface area contributed by atoms with Gasteiger partial charge < -0.3 is 5.32 Å². The van der Waals surface area contributed by atoms with Gasteiger partial charge in [-0.1, -0.05) is 0 Å². The molecule has 0 radical (unpaired) electrons. The lowest BCUT2D eigenvalue weighted by atomic mass is 10.0. The summed E-state index contributed by atoms with van der Waals surface area (Å²) < 4.78 is 2.43. The zero-order valence-corrected chi connectivity index (χ0v) is 14.7. The largest absolute Gasteiger partial charge is 0.330 e. The van der Waals surface area contributed by atoms with Crippen molar-refractivity contribution in [2.45, 2.75) is 31.3 Å². The fourth-order valence-corrected chi connectivity index (χ4v) is 2.87. The summed E-state index contributed by atoms with van der Waals surface area (Å²) in [5, 5.41) is 11.2. The van der Waals surface area contributed by atoms with Crippen molar-refractivity contribution in [3.63, 3.8) is 0 Å². The van der Waals surface area contributed by atoms with Crippen molar-refractivity contribution in [3.8, 4) is 12.3 Å². The number of nitrogens with one attached hydrogen (secondary N) is 1. The maximum Gasteiger partial charge on any atom is 0.330 e. The molecule has 1 aliphatic heterocycles. The monoisotopic (exact) mass is 353 g/mol. The normalized spacial score (nSPS) is 14.2. The van der Waals surface area contributed by atoms with Gasteiger partial charge in [-0.3, -0.25) is 18.7 Å². The molecule has 1 aliphatic rings. The molecule has 0 fully saturated rings. The van der Waals surface area contributed by atoms with Gasteiger partial charge in [-0.05, 0) is 18.2 Å². The fourth-order valence-electron chi connectivity index (χ4n) is 2.87. The van der Waals surface area contributed by atoms with Crippen LogP contribution in [-0.4, -0.2) is 20.7 Å². The Morgan fingerprint density at radius 3 is 2.62 bits per heavy atom. The van der Waals surface area contributed by atoms with Gasteiger partial charge in [0.15, 0.2) is 5.66 Å². The van der Waals surface area contributed by atoms with Crippen molar-refractivity contribution in [3.05, 3.63) is 39.0 Å². The molecule has 0 aliphatic carbocycles. The van der Waals surface area contributed by atoms with Crippen LogP contribution in [0.4, 0.5) is 5.69 Å². The third-order valence-corrected chi connectivity index (χ3v) is 4.56. The number of terminal acetylenes is 1. The van der Waals surface area contributed by atoms with E-state index in [-0.39, 0.29) is 17.9 Å². The second kappa shape index (κ2) is 6.59. The van der Waals surface area contributed by atoms with Crippen LogP contribution >= 0.6 is 0 Å². The van der Waals surface area contributed by atoms with Gasteiger partial charge >= 0.3 is 5.69 Å². The van der Waals surface area contributed by atoms with Crippen LogP contribution in [0.2, 0.25) is 0 Å². The highest BCUT2D eigenvalue weighted by molar-refractivity contribution is 5.93. The van der Waals surface area contributed by atoms with E-state index < -0.39 is 11.4 Å². The molecule has 0 saturated carbocycles. The molecule has 134 valence electrons. The second-order valence-corrected chi connectivity index (χ2v) is 6.37.